The Bertz CT molecular complexity index is 1040. The molecule has 2 aromatic carbocycles. The monoisotopic (exact) mass is 493 g/mol. The number of anilines is 1. The van der Waals surface area contributed by atoms with Crippen molar-refractivity contribution in [3.8, 4) is 0 Å². The van der Waals surface area contributed by atoms with Gasteiger partial charge in [-0.3, -0.25) is 4.79 Å². The molecule has 1 saturated heterocycles. The fourth-order valence-corrected chi connectivity index (χ4v) is 4.34. The van der Waals surface area contributed by atoms with E-state index >= 15 is 0 Å². The van der Waals surface area contributed by atoms with Crippen LogP contribution in [0.15, 0.2) is 54.6 Å². The van der Waals surface area contributed by atoms with Gasteiger partial charge in [0.1, 0.15) is 22.5 Å². The highest BCUT2D eigenvalue weighted by molar-refractivity contribution is 7.90. The Morgan fingerprint density at radius 2 is 1.67 bits per heavy atom. The molecule has 1 fully saturated rings. The number of piperazine rings is 1. The highest BCUT2D eigenvalue weighted by Gasteiger charge is 2.30. The fraction of sp³-hybridized carbons (Fsp3) is 0.391. The number of hydrogen-bond donors (Lipinski definition) is 1. The summed E-state index contributed by atoms with van der Waals surface area (Å²) < 4.78 is 28.6. The van der Waals surface area contributed by atoms with Crippen LogP contribution in [-0.2, 0) is 26.0 Å². The van der Waals surface area contributed by atoms with Crippen LogP contribution < -0.4 is 10.2 Å². The third kappa shape index (κ3) is 7.94. The lowest BCUT2D eigenvalue weighted by atomic mass is 10.1. The largest absolute Gasteiger partial charge is 0.445 e. The van der Waals surface area contributed by atoms with E-state index in [4.69, 9.17) is 16.3 Å². The highest BCUT2D eigenvalue weighted by atomic mass is 35.5. The average Bonchev–Trinajstić information content (AvgIpc) is 2.81. The Morgan fingerprint density at radius 3 is 2.27 bits per heavy atom. The topological polar surface area (TPSA) is 96.0 Å². The molecule has 10 heteroatoms. The van der Waals surface area contributed by atoms with Gasteiger partial charge in [-0.05, 0) is 36.2 Å². The first-order valence-corrected chi connectivity index (χ1v) is 13.1. The molecular formula is C23H28ClN3O5S. The summed E-state index contributed by atoms with van der Waals surface area (Å²) in [5, 5.41) is 3.22. The Hall–Kier alpha value is -2.78. The molecule has 0 saturated carbocycles. The van der Waals surface area contributed by atoms with E-state index in [1.165, 1.54) is 0 Å². The smallest absolute Gasteiger partial charge is 0.408 e. The third-order valence-corrected chi connectivity index (χ3v) is 6.59. The summed E-state index contributed by atoms with van der Waals surface area (Å²) in [5.41, 5.74) is 1.83. The molecule has 0 spiro atoms. The van der Waals surface area contributed by atoms with Crippen LogP contribution in [0.2, 0.25) is 5.02 Å². The molecule has 33 heavy (non-hydrogen) atoms. The molecule has 1 heterocycles. The van der Waals surface area contributed by atoms with Gasteiger partial charge < -0.3 is 19.9 Å². The van der Waals surface area contributed by atoms with Gasteiger partial charge in [0, 0.05) is 43.1 Å². The van der Waals surface area contributed by atoms with Gasteiger partial charge in [0.25, 0.3) is 0 Å². The van der Waals surface area contributed by atoms with Crippen molar-refractivity contribution in [2.75, 3.05) is 43.1 Å². The summed E-state index contributed by atoms with van der Waals surface area (Å²) in [4.78, 5) is 29.3. The van der Waals surface area contributed by atoms with Crippen LogP contribution in [0.1, 0.15) is 12.0 Å². The van der Waals surface area contributed by atoms with Crippen LogP contribution in [0, 0.1) is 0 Å². The van der Waals surface area contributed by atoms with E-state index < -0.39 is 22.0 Å². The predicted molar refractivity (Wildman–Crippen MR) is 128 cm³/mol. The van der Waals surface area contributed by atoms with E-state index in [0.29, 0.717) is 31.2 Å². The number of ether oxygens (including phenoxy) is 1. The molecule has 178 valence electrons. The van der Waals surface area contributed by atoms with Gasteiger partial charge in [-0.1, -0.05) is 41.9 Å². The molecule has 2 aromatic rings. The third-order valence-electron chi connectivity index (χ3n) is 5.36. The normalized spacial score (nSPS) is 15.1. The second-order valence-electron chi connectivity index (χ2n) is 7.97. The molecule has 1 aliphatic heterocycles. The van der Waals surface area contributed by atoms with E-state index in [1.54, 1.807) is 4.90 Å². The number of halogens is 1. The van der Waals surface area contributed by atoms with Crippen LogP contribution >= 0.6 is 11.6 Å². The second-order valence-corrected chi connectivity index (χ2v) is 10.7. The number of carbonyl (C=O) groups is 2. The lowest BCUT2D eigenvalue weighted by Gasteiger charge is -2.37. The first kappa shape index (κ1) is 24.9. The quantitative estimate of drug-likeness (QED) is 0.607. The zero-order chi connectivity index (χ0) is 23.8. The maximum Gasteiger partial charge on any atom is 0.408 e. The standard InChI is InChI=1S/C23H28ClN3O5S/c1-33(30,31)16-11-21(25-23(29)32-17-18-5-3-2-4-6-18)22(28)27-14-12-26(13-15-27)20-9-7-19(24)8-10-20/h2-10,21H,11-17H2,1H3,(H,25,29). The predicted octanol–water partition coefficient (Wildman–Crippen LogP) is 2.72. The number of nitrogens with one attached hydrogen (secondary N) is 1. The lowest BCUT2D eigenvalue weighted by molar-refractivity contribution is -0.133. The van der Waals surface area contributed by atoms with Gasteiger partial charge in [0.2, 0.25) is 5.91 Å². The maximum atomic E-state index is 13.1. The second kappa shape index (κ2) is 11.4. The van der Waals surface area contributed by atoms with Crippen molar-refractivity contribution in [3.63, 3.8) is 0 Å². The van der Waals surface area contributed by atoms with E-state index in [9.17, 15) is 18.0 Å². The Morgan fingerprint density at radius 1 is 1.03 bits per heavy atom. The number of nitrogens with zero attached hydrogens (tertiary/aromatic N) is 2. The van der Waals surface area contributed by atoms with Crippen molar-refractivity contribution < 1.29 is 22.7 Å². The van der Waals surface area contributed by atoms with Gasteiger partial charge in [-0.15, -0.1) is 0 Å². The van der Waals surface area contributed by atoms with Crippen molar-refractivity contribution in [1.82, 2.24) is 10.2 Å². The molecule has 0 aromatic heterocycles. The summed E-state index contributed by atoms with van der Waals surface area (Å²) in [6.07, 6.45) is 0.327. The van der Waals surface area contributed by atoms with Crippen LogP contribution in [0.25, 0.3) is 0 Å². The van der Waals surface area contributed by atoms with Crippen LogP contribution in [-0.4, -0.2) is 69.5 Å². The number of benzene rings is 2. The highest BCUT2D eigenvalue weighted by Crippen LogP contribution is 2.20. The Balaban J connectivity index is 1.58. The van der Waals surface area contributed by atoms with Gasteiger partial charge >= 0.3 is 6.09 Å². The first-order chi connectivity index (χ1) is 15.7. The van der Waals surface area contributed by atoms with Crippen molar-refractivity contribution in [2.24, 2.45) is 0 Å². The maximum absolute atomic E-state index is 13.1. The summed E-state index contributed by atoms with van der Waals surface area (Å²) in [7, 11) is -3.30. The zero-order valence-electron chi connectivity index (χ0n) is 18.4. The van der Waals surface area contributed by atoms with Crippen molar-refractivity contribution in [1.29, 1.82) is 0 Å². The average molecular weight is 494 g/mol. The molecule has 1 atom stereocenters. The summed E-state index contributed by atoms with van der Waals surface area (Å²) >= 11 is 5.95. The molecule has 0 aliphatic carbocycles. The van der Waals surface area contributed by atoms with E-state index in [2.05, 4.69) is 10.2 Å². The Kier molecular flexibility index (Phi) is 8.57. The number of hydrogen-bond acceptors (Lipinski definition) is 6. The zero-order valence-corrected chi connectivity index (χ0v) is 20.0. The number of carbonyl (C=O) groups excluding carboxylic acids is 2. The van der Waals surface area contributed by atoms with E-state index in [-0.39, 0.29) is 24.7 Å². The van der Waals surface area contributed by atoms with Gasteiger partial charge in [-0.2, -0.15) is 0 Å². The van der Waals surface area contributed by atoms with Gasteiger partial charge in [0.05, 0.1) is 5.75 Å². The van der Waals surface area contributed by atoms with Gasteiger partial charge in [-0.25, -0.2) is 13.2 Å². The number of alkyl carbamates (subject to hydrolysis) is 1. The number of rotatable bonds is 8. The summed E-state index contributed by atoms with van der Waals surface area (Å²) in [6.45, 7) is 2.20. The van der Waals surface area contributed by atoms with Crippen molar-refractivity contribution >= 4 is 39.1 Å². The molecule has 2 amide bonds. The number of amides is 2. The van der Waals surface area contributed by atoms with Crippen molar-refractivity contribution in [3.05, 3.63) is 65.2 Å². The van der Waals surface area contributed by atoms with E-state index in [0.717, 1.165) is 17.5 Å². The lowest BCUT2D eigenvalue weighted by Crippen LogP contribution is -2.55. The van der Waals surface area contributed by atoms with Crippen LogP contribution in [0.3, 0.4) is 0 Å². The van der Waals surface area contributed by atoms with Crippen molar-refractivity contribution in [2.45, 2.75) is 19.1 Å². The Labute approximate surface area is 199 Å². The van der Waals surface area contributed by atoms with Crippen LogP contribution in [0.5, 0.6) is 0 Å². The molecule has 1 N–H and O–H groups in total. The molecular weight excluding hydrogens is 466 g/mol. The summed E-state index contributed by atoms with van der Waals surface area (Å²) in [5.74, 6) is -0.529. The minimum atomic E-state index is -3.30. The number of sulfone groups is 1. The molecule has 1 unspecified atom stereocenters. The fourth-order valence-electron chi connectivity index (χ4n) is 3.55. The molecule has 8 nitrogen and oxygen atoms in total. The van der Waals surface area contributed by atoms with E-state index in [1.807, 2.05) is 54.6 Å². The minimum absolute atomic E-state index is 0.0184. The van der Waals surface area contributed by atoms with Crippen LogP contribution in [0.4, 0.5) is 10.5 Å². The SMILES string of the molecule is CS(=O)(=O)CCC(NC(=O)OCc1ccccc1)C(=O)N1CCN(c2ccc(Cl)cc2)CC1. The first-order valence-electron chi connectivity index (χ1n) is 10.7. The minimum Gasteiger partial charge on any atom is -0.445 e. The molecule has 0 bridgehead atoms. The van der Waals surface area contributed by atoms with Gasteiger partial charge in [0.15, 0.2) is 0 Å². The molecule has 1 aliphatic rings. The molecule has 3 rings (SSSR count). The summed E-state index contributed by atoms with van der Waals surface area (Å²) in [6, 6.07) is 15.7. The molecule has 0 radical (unpaired) electrons.